The number of ketones is 1. The molecule has 2 aromatic carbocycles. The number of carbonyl (C=O) groups is 1. The van der Waals surface area contributed by atoms with E-state index in [0.717, 1.165) is 17.2 Å². The van der Waals surface area contributed by atoms with Crippen LogP contribution in [0.2, 0.25) is 0 Å². The molecule has 0 aliphatic rings. The molecule has 5 nitrogen and oxygen atoms in total. The standard InChI is InChI=1S/C25H26O5/c1-3-5-7-17(4-2)12-15-21(27)24-23(29)16-22(28)20(25(24)30)9-6-8-18-10-13-19(26)14-11-18/h3-8,10-11,13-14,16,26,28-30H,2,9,12,15H2,1H3/b5-3+,8-6+,17-7+. The van der Waals surface area contributed by atoms with E-state index in [2.05, 4.69) is 6.58 Å². The third-order valence-corrected chi connectivity index (χ3v) is 4.57. The molecule has 0 bridgehead atoms. The molecule has 0 amide bonds. The van der Waals surface area contributed by atoms with Crippen LogP contribution in [-0.4, -0.2) is 26.2 Å². The second kappa shape index (κ2) is 10.7. The van der Waals surface area contributed by atoms with Gasteiger partial charge in [-0.25, -0.2) is 0 Å². The Hall–Kier alpha value is -3.73. The molecule has 4 N–H and O–H groups in total. The molecule has 0 atom stereocenters. The molecule has 2 rings (SSSR count). The largest absolute Gasteiger partial charge is 0.508 e. The lowest BCUT2D eigenvalue weighted by Gasteiger charge is -2.12. The summed E-state index contributed by atoms with van der Waals surface area (Å²) in [4.78, 5) is 12.6. The maximum atomic E-state index is 12.6. The second-order valence-electron chi connectivity index (χ2n) is 6.71. The van der Waals surface area contributed by atoms with Crippen LogP contribution in [0.25, 0.3) is 6.08 Å². The Morgan fingerprint density at radius 3 is 2.37 bits per heavy atom. The molecule has 156 valence electrons. The highest BCUT2D eigenvalue weighted by Gasteiger charge is 2.22. The highest BCUT2D eigenvalue weighted by molar-refractivity contribution is 6.02. The molecule has 0 aliphatic heterocycles. The summed E-state index contributed by atoms with van der Waals surface area (Å²) in [5.41, 5.74) is 1.64. The smallest absolute Gasteiger partial charge is 0.170 e. The third-order valence-electron chi connectivity index (χ3n) is 4.57. The van der Waals surface area contributed by atoms with E-state index in [-0.39, 0.29) is 35.5 Å². The first-order valence-corrected chi connectivity index (χ1v) is 9.57. The maximum Gasteiger partial charge on any atom is 0.170 e. The normalized spacial score (nSPS) is 12.0. The van der Waals surface area contributed by atoms with Gasteiger partial charge < -0.3 is 20.4 Å². The summed E-state index contributed by atoms with van der Waals surface area (Å²) in [6.07, 6.45) is 11.3. The van der Waals surface area contributed by atoms with Gasteiger partial charge in [-0.05, 0) is 43.0 Å². The molecule has 30 heavy (non-hydrogen) atoms. The molecule has 5 heteroatoms. The fraction of sp³-hybridized carbons (Fsp3) is 0.160. The molecule has 0 aliphatic carbocycles. The number of benzene rings is 2. The van der Waals surface area contributed by atoms with E-state index in [0.29, 0.717) is 6.42 Å². The molecule has 0 radical (unpaired) electrons. The van der Waals surface area contributed by atoms with Crippen molar-refractivity contribution in [2.24, 2.45) is 0 Å². The zero-order valence-corrected chi connectivity index (χ0v) is 16.9. The van der Waals surface area contributed by atoms with Gasteiger partial charge in [-0.2, -0.15) is 0 Å². The van der Waals surface area contributed by atoms with Gasteiger partial charge in [-0.1, -0.05) is 55.2 Å². The third kappa shape index (κ3) is 5.88. The number of Topliss-reactive ketones (excluding diaryl/α,β-unsaturated/α-hetero) is 1. The zero-order valence-electron chi connectivity index (χ0n) is 16.9. The minimum atomic E-state index is -0.459. The Bertz CT molecular complexity index is 995. The van der Waals surface area contributed by atoms with Crippen LogP contribution in [0.15, 0.2) is 72.9 Å². The van der Waals surface area contributed by atoms with Crippen molar-refractivity contribution < 1.29 is 25.2 Å². The number of hydrogen-bond donors (Lipinski definition) is 4. The summed E-state index contributed by atoms with van der Waals surface area (Å²) < 4.78 is 0. The molecule has 0 aromatic heterocycles. The molecule has 0 spiro atoms. The number of phenols is 4. The number of rotatable bonds is 9. The fourth-order valence-corrected chi connectivity index (χ4v) is 2.91. The van der Waals surface area contributed by atoms with E-state index in [1.54, 1.807) is 42.5 Å². The predicted molar refractivity (Wildman–Crippen MR) is 119 cm³/mol. The van der Waals surface area contributed by atoms with Crippen molar-refractivity contribution in [3.05, 3.63) is 89.6 Å². The van der Waals surface area contributed by atoms with E-state index in [1.807, 2.05) is 25.2 Å². The maximum absolute atomic E-state index is 12.6. The molecule has 0 saturated carbocycles. The van der Waals surface area contributed by atoms with Gasteiger partial charge in [0, 0.05) is 18.1 Å². The van der Waals surface area contributed by atoms with Crippen LogP contribution < -0.4 is 0 Å². The Kier molecular flexibility index (Phi) is 8.06. The molecular weight excluding hydrogens is 380 g/mol. The van der Waals surface area contributed by atoms with Crippen molar-refractivity contribution in [2.45, 2.75) is 26.2 Å². The molecule has 0 fully saturated rings. The van der Waals surface area contributed by atoms with Crippen LogP contribution in [0.1, 0.15) is 41.3 Å². The van der Waals surface area contributed by atoms with Gasteiger partial charge in [0.1, 0.15) is 28.6 Å². The van der Waals surface area contributed by atoms with Crippen LogP contribution in [0, 0.1) is 0 Å². The number of aromatic hydroxyl groups is 4. The first-order valence-electron chi connectivity index (χ1n) is 9.57. The van der Waals surface area contributed by atoms with Gasteiger partial charge in [0.25, 0.3) is 0 Å². The number of hydrogen-bond acceptors (Lipinski definition) is 5. The van der Waals surface area contributed by atoms with E-state index in [1.165, 1.54) is 0 Å². The van der Waals surface area contributed by atoms with Crippen molar-refractivity contribution >= 4 is 11.9 Å². The summed E-state index contributed by atoms with van der Waals surface area (Å²) >= 11 is 0. The first kappa shape index (κ1) is 22.6. The van der Waals surface area contributed by atoms with Gasteiger partial charge in [0.2, 0.25) is 0 Å². The van der Waals surface area contributed by atoms with Crippen LogP contribution in [0.4, 0.5) is 0 Å². The lowest BCUT2D eigenvalue weighted by molar-refractivity contribution is 0.0977. The summed E-state index contributed by atoms with van der Waals surface area (Å²) in [5.74, 6) is -1.45. The Morgan fingerprint density at radius 2 is 1.73 bits per heavy atom. The van der Waals surface area contributed by atoms with Gasteiger partial charge >= 0.3 is 0 Å². The summed E-state index contributed by atoms with van der Waals surface area (Å²) in [6.45, 7) is 5.60. The molecule has 2 aromatic rings. The van der Waals surface area contributed by atoms with Gasteiger partial charge in [0.05, 0.1) is 0 Å². The van der Waals surface area contributed by atoms with E-state index in [9.17, 15) is 25.2 Å². The first-order chi connectivity index (χ1) is 14.4. The van der Waals surface area contributed by atoms with Crippen LogP contribution in [0.5, 0.6) is 23.0 Å². The fourth-order valence-electron chi connectivity index (χ4n) is 2.91. The van der Waals surface area contributed by atoms with Crippen molar-refractivity contribution in [2.75, 3.05) is 0 Å². The van der Waals surface area contributed by atoms with Crippen LogP contribution >= 0.6 is 0 Å². The van der Waals surface area contributed by atoms with Crippen LogP contribution in [-0.2, 0) is 6.42 Å². The van der Waals surface area contributed by atoms with Crippen molar-refractivity contribution in [3.8, 4) is 23.0 Å². The zero-order chi connectivity index (χ0) is 22.1. The Morgan fingerprint density at radius 1 is 1.03 bits per heavy atom. The van der Waals surface area contributed by atoms with Crippen molar-refractivity contribution in [1.29, 1.82) is 0 Å². The van der Waals surface area contributed by atoms with E-state index < -0.39 is 17.3 Å². The molecule has 0 heterocycles. The Balaban J connectivity index is 2.21. The SMILES string of the molecule is C=C/C(=C\C=C\C)CCC(=O)c1c(O)cc(O)c(C/C=C/c2ccc(O)cc2)c1O. The van der Waals surface area contributed by atoms with Gasteiger partial charge in [-0.15, -0.1) is 0 Å². The van der Waals surface area contributed by atoms with Gasteiger partial charge in [-0.3, -0.25) is 4.79 Å². The lowest BCUT2D eigenvalue weighted by atomic mass is 9.96. The summed E-state index contributed by atoms with van der Waals surface area (Å²) in [7, 11) is 0. The topological polar surface area (TPSA) is 98.0 Å². The average molecular weight is 406 g/mol. The van der Waals surface area contributed by atoms with Gasteiger partial charge in [0.15, 0.2) is 5.78 Å². The monoisotopic (exact) mass is 406 g/mol. The molecule has 0 saturated heterocycles. The van der Waals surface area contributed by atoms with Crippen molar-refractivity contribution in [3.63, 3.8) is 0 Å². The van der Waals surface area contributed by atoms with Crippen molar-refractivity contribution in [1.82, 2.24) is 0 Å². The predicted octanol–water partition coefficient (Wildman–Crippen LogP) is 5.42. The highest BCUT2D eigenvalue weighted by atomic mass is 16.3. The average Bonchev–Trinajstić information content (AvgIpc) is 2.71. The number of allylic oxidation sites excluding steroid dienone is 6. The Labute approximate surface area is 176 Å². The van der Waals surface area contributed by atoms with Crippen LogP contribution in [0.3, 0.4) is 0 Å². The second-order valence-corrected chi connectivity index (χ2v) is 6.71. The molecule has 0 unspecified atom stereocenters. The highest BCUT2D eigenvalue weighted by Crippen LogP contribution is 2.39. The number of carbonyl (C=O) groups excluding carboxylic acids is 1. The minimum absolute atomic E-state index is 0.0735. The quantitative estimate of drug-likeness (QED) is 0.329. The number of phenolic OH excluding ortho intramolecular Hbond substituents is 4. The summed E-state index contributed by atoms with van der Waals surface area (Å²) in [5, 5.41) is 40.2. The molecular formula is C25H26O5. The minimum Gasteiger partial charge on any atom is -0.508 e. The lowest BCUT2D eigenvalue weighted by Crippen LogP contribution is -2.03. The summed E-state index contributed by atoms with van der Waals surface area (Å²) in [6, 6.07) is 7.61. The van der Waals surface area contributed by atoms with E-state index in [4.69, 9.17) is 0 Å². The van der Waals surface area contributed by atoms with E-state index >= 15 is 0 Å².